The van der Waals surface area contributed by atoms with Gasteiger partial charge in [0.25, 0.3) is 0 Å². The van der Waals surface area contributed by atoms with Crippen molar-refractivity contribution in [3.63, 3.8) is 0 Å². The number of hydrogen-bond acceptors (Lipinski definition) is 6. The van der Waals surface area contributed by atoms with E-state index in [4.69, 9.17) is 21.1 Å². The number of ether oxygens (including phenoxy) is 2. The summed E-state index contributed by atoms with van der Waals surface area (Å²) in [4.78, 5) is 18.6. The number of benzene rings is 1. The third kappa shape index (κ3) is 3.19. The van der Waals surface area contributed by atoms with E-state index in [-0.39, 0.29) is 28.2 Å². The average Bonchev–Trinajstić information content (AvgIpc) is 2.44. The summed E-state index contributed by atoms with van der Waals surface area (Å²) in [6.07, 6.45) is 0. The van der Waals surface area contributed by atoms with Gasteiger partial charge in [0.2, 0.25) is 5.88 Å². The van der Waals surface area contributed by atoms with Gasteiger partial charge in [-0.2, -0.15) is 4.98 Å². The molecule has 0 atom stereocenters. The summed E-state index contributed by atoms with van der Waals surface area (Å²) in [5.74, 6) is 1.12. The lowest BCUT2D eigenvalue weighted by Gasteiger charge is -2.10. The molecule has 0 fully saturated rings. The Hall–Kier alpha value is -2.41. The molecule has 0 spiro atoms. The number of nitro groups is 1. The second kappa shape index (κ2) is 5.92. The van der Waals surface area contributed by atoms with Crippen LogP contribution in [0.1, 0.15) is 11.4 Å². The Morgan fingerprint density at radius 2 is 2.00 bits per heavy atom. The van der Waals surface area contributed by atoms with Gasteiger partial charge in [-0.1, -0.05) is 11.6 Å². The molecule has 0 aliphatic rings. The van der Waals surface area contributed by atoms with Crippen LogP contribution in [0.4, 0.5) is 5.69 Å². The van der Waals surface area contributed by atoms with Gasteiger partial charge in [-0.25, -0.2) is 4.98 Å². The van der Waals surface area contributed by atoms with Gasteiger partial charge in [-0.3, -0.25) is 10.1 Å². The fourth-order valence-corrected chi connectivity index (χ4v) is 1.86. The molecule has 7 nitrogen and oxygen atoms in total. The zero-order valence-corrected chi connectivity index (χ0v) is 12.3. The summed E-state index contributed by atoms with van der Waals surface area (Å²) in [6.45, 7) is 3.38. The zero-order chi connectivity index (χ0) is 15.6. The van der Waals surface area contributed by atoms with Crippen molar-refractivity contribution in [2.45, 2.75) is 13.8 Å². The third-order valence-corrected chi connectivity index (χ3v) is 3.08. The van der Waals surface area contributed by atoms with Gasteiger partial charge >= 0.3 is 5.69 Å². The molecule has 0 N–H and O–H groups in total. The molecule has 0 saturated carbocycles. The van der Waals surface area contributed by atoms with Gasteiger partial charge in [-0.15, -0.1) is 0 Å². The molecule has 1 heterocycles. The van der Waals surface area contributed by atoms with Crippen LogP contribution in [0.2, 0.25) is 5.15 Å². The molecule has 0 radical (unpaired) electrons. The molecule has 2 rings (SSSR count). The van der Waals surface area contributed by atoms with Crippen LogP contribution in [0.5, 0.6) is 17.4 Å². The minimum absolute atomic E-state index is 0.154. The van der Waals surface area contributed by atoms with Crippen LogP contribution in [0.25, 0.3) is 0 Å². The van der Waals surface area contributed by atoms with E-state index in [1.807, 2.05) is 0 Å². The minimum atomic E-state index is -0.545. The maximum absolute atomic E-state index is 11.0. The lowest BCUT2D eigenvalue weighted by molar-refractivity contribution is -0.385. The largest absolute Gasteiger partial charge is 0.490 e. The molecule has 0 amide bonds. The maximum Gasteiger partial charge on any atom is 0.314 e. The Bertz CT molecular complexity index is 706. The molecule has 110 valence electrons. The molecule has 0 unspecified atom stereocenters. The van der Waals surface area contributed by atoms with Crippen LogP contribution in [-0.4, -0.2) is 22.0 Å². The summed E-state index contributed by atoms with van der Waals surface area (Å²) in [6, 6.07) is 4.28. The highest BCUT2D eigenvalue weighted by atomic mass is 35.5. The lowest BCUT2D eigenvalue weighted by Crippen LogP contribution is -1.99. The number of rotatable bonds is 4. The van der Waals surface area contributed by atoms with Gasteiger partial charge < -0.3 is 9.47 Å². The highest BCUT2D eigenvalue weighted by Crippen LogP contribution is 2.34. The highest BCUT2D eigenvalue weighted by Gasteiger charge is 2.17. The molecule has 0 aliphatic heterocycles. The summed E-state index contributed by atoms with van der Waals surface area (Å²) in [7, 11) is 1.36. The van der Waals surface area contributed by atoms with Crippen LogP contribution in [0.3, 0.4) is 0 Å². The van der Waals surface area contributed by atoms with Crippen molar-refractivity contribution in [3.8, 4) is 17.4 Å². The predicted molar refractivity (Wildman–Crippen MR) is 76.2 cm³/mol. The van der Waals surface area contributed by atoms with E-state index < -0.39 is 4.92 Å². The number of nitro benzene ring substituents is 1. The molecule has 21 heavy (non-hydrogen) atoms. The second-order valence-electron chi connectivity index (χ2n) is 4.18. The normalized spacial score (nSPS) is 10.3. The molecule has 0 bridgehead atoms. The van der Waals surface area contributed by atoms with E-state index in [1.54, 1.807) is 19.9 Å². The van der Waals surface area contributed by atoms with Crippen LogP contribution in [-0.2, 0) is 0 Å². The van der Waals surface area contributed by atoms with Crippen molar-refractivity contribution in [2.24, 2.45) is 0 Å². The van der Waals surface area contributed by atoms with Crippen molar-refractivity contribution < 1.29 is 14.4 Å². The van der Waals surface area contributed by atoms with Gasteiger partial charge in [0.05, 0.1) is 18.1 Å². The van der Waals surface area contributed by atoms with E-state index in [9.17, 15) is 10.1 Å². The van der Waals surface area contributed by atoms with Crippen molar-refractivity contribution in [1.29, 1.82) is 0 Å². The molecule has 0 aliphatic carbocycles. The molecular weight excluding hydrogens is 298 g/mol. The SMILES string of the molecule is COc1ccc(Oc2nc(C)nc(Cl)c2C)cc1[N+](=O)[O-]. The summed E-state index contributed by atoms with van der Waals surface area (Å²) < 4.78 is 10.5. The summed E-state index contributed by atoms with van der Waals surface area (Å²) in [5.41, 5.74) is 0.366. The highest BCUT2D eigenvalue weighted by molar-refractivity contribution is 6.30. The van der Waals surface area contributed by atoms with Crippen LogP contribution in [0, 0.1) is 24.0 Å². The Balaban J connectivity index is 2.41. The molecule has 2 aromatic rings. The van der Waals surface area contributed by atoms with Crippen molar-refractivity contribution in [3.05, 3.63) is 44.9 Å². The smallest absolute Gasteiger partial charge is 0.314 e. The molecule has 1 aromatic carbocycles. The van der Waals surface area contributed by atoms with Crippen LogP contribution >= 0.6 is 11.6 Å². The second-order valence-corrected chi connectivity index (χ2v) is 4.54. The predicted octanol–water partition coefficient (Wildman–Crippen LogP) is 3.46. The number of halogens is 1. The van der Waals surface area contributed by atoms with Gasteiger partial charge in [-0.05, 0) is 26.0 Å². The Labute approximate surface area is 125 Å². The first kappa shape index (κ1) is 15.0. The summed E-state index contributed by atoms with van der Waals surface area (Å²) in [5, 5.41) is 11.3. The number of aromatic nitrogens is 2. The Kier molecular flexibility index (Phi) is 4.23. The molecular formula is C13H12ClN3O4. The Morgan fingerprint density at radius 3 is 2.62 bits per heavy atom. The lowest BCUT2D eigenvalue weighted by atomic mass is 10.2. The van der Waals surface area contributed by atoms with Crippen molar-refractivity contribution >= 4 is 17.3 Å². The molecule has 0 saturated heterocycles. The maximum atomic E-state index is 11.0. The number of nitrogens with zero attached hydrogens (tertiary/aromatic N) is 3. The van der Waals surface area contributed by atoms with Crippen LogP contribution < -0.4 is 9.47 Å². The molecule has 1 aromatic heterocycles. The van der Waals surface area contributed by atoms with Crippen molar-refractivity contribution in [2.75, 3.05) is 7.11 Å². The van der Waals surface area contributed by atoms with Crippen LogP contribution in [0.15, 0.2) is 18.2 Å². The van der Waals surface area contributed by atoms with Crippen molar-refractivity contribution in [1.82, 2.24) is 9.97 Å². The fourth-order valence-electron chi connectivity index (χ4n) is 1.66. The number of hydrogen-bond donors (Lipinski definition) is 0. The van der Waals surface area contributed by atoms with E-state index in [2.05, 4.69) is 9.97 Å². The quantitative estimate of drug-likeness (QED) is 0.488. The van der Waals surface area contributed by atoms with E-state index in [0.717, 1.165) is 0 Å². The molecule has 8 heteroatoms. The van der Waals surface area contributed by atoms with E-state index >= 15 is 0 Å². The number of aryl methyl sites for hydroxylation is 1. The first-order valence-corrected chi connectivity index (χ1v) is 6.31. The Morgan fingerprint density at radius 1 is 1.29 bits per heavy atom. The monoisotopic (exact) mass is 309 g/mol. The first-order valence-electron chi connectivity index (χ1n) is 5.93. The zero-order valence-electron chi connectivity index (χ0n) is 11.6. The third-order valence-electron chi connectivity index (χ3n) is 2.72. The first-order chi connectivity index (χ1) is 9.92. The fraction of sp³-hybridized carbons (Fsp3) is 0.231. The topological polar surface area (TPSA) is 87.4 Å². The van der Waals surface area contributed by atoms with Gasteiger partial charge in [0.1, 0.15) is 16.7 Å². The van der Waals surface area contributed by atoms with Gasteiger partial charge in [0.15, 0.2) is 5.75 Å². The van der Waals surface area contributed by atoms with E-state index in [1.165, 1.54) is 19.2 Å². The average molecular weight is 310 g/mol. The summed E-state index contributed by atoms with van der Waals surface area (Å²) >= 11 is 5.96. The van der Waals surface area contributed by atoms with E-state index in [0.29, 0.717) is 11.4 Å². The van der Waals surface area contributed by atoms with Gasteiger partial charge in [0, 0.05) is 5.56 Å². The standard InChI is InChI=1S/C13H12ClN3O4/c1-7-12(14)15-8(2)16-13(7)21-9-4-5-11(20-3)10(6-9)17(18)19/h4-6H,1-3H3. The number of methoxy groups -OCH3 is 1. The minimum Gasteiger partial charge on any atom is -0.490 e.